The van der Waals surface area contributed by atoms with Crippen molar-refractivity contribution in [3.63, 3.8) is 0 Å². The number of amides is 1. The largest absolute Gasteiger partial charge is 0.505 e. The number of benzene rings is 3. The van der Waals surface area contributed by atoms with Gasteiger partial charge >= 0.3 is 0 Å². The van der Waals surface area contributed by atoms with Crippen LogP contribution in [0.25, 0.3) is 0 Å². The van der Waals surface area contributed by atoms with Gasteiger partial charge in [-0.3, -0.25) is 15.6 Å². The van der Waals surface area contributed by atoms with Crippen LogP contribution >= 0.6 is 11.8 Å². The molecule has 0 unspecified atom stereocenters. The number of carbonyl (C=O) groups excluding carboxylic acids is 1. The molecule has 6 nitrogen and oxygen atoms in total. The molecule has 3 aromatic carbocycles. The first-order valence-corrected chi connectivity index (χ1v) is 12.7. The molecule has 0 spiro atoms. The normalized spacial score (nSPS) is 14.4. The van der Waals surface area contributed by atoms with Gasteiger partial charge in [-0.15, -0.1) is 0 Å². The van der Waals surface area contributed by atoms with Gasteiger partial charge in [0.1, 0.15) is 11.5 Å². The maximum atomic E-state index is 12.4. The van der Waals surface area contributed by atoms with Crippen molar-refractivity contribution in [3.05, 3.63) is 107 Å². The minimum atomic E-state index is -0.219. The van der Waals surface area contributed by atoms with Crippen LogP contribution in [-0.4, -0.2) is 22.4 Å². The summed E-state index contributed by atoms with van der Waals surface area (Å²) in [7, 11) is 0. The Morgan fingerprint density at radius 3 is 2.38 bits per heavy atom. The zero-order chi connectivity index (χ0) is 26.6. The van der Waals surface area contributed by atoms with Crippen LogP contribution in [-0.2, 0) is 5.41 Å². The van der Waals surface area contributed by atoms with Gasteiger partial charge in [-0.2, -0.15) is 5.10 Å². The number of nitrogens with zero attached hydrogens (tertiary/aromatic N) is 1. The second-order valence-corrected chi connectivity index (χ2v) is 11.0. The second kappa shape index (κ2) is 10.9. The Bertz CT molecular complexity index is 1420. The predicted octanol–water partition coefficient (Wildman–Crippen LogP) is 7.28. The first-order chi connectivity index (χ1) is 17.6. The molecule has 4 rings (SSSR count). The summed E-state index contributed by atoms with van der Waals surface area (Å²) in [6.07, 6.45) is 5.41. The van der Waals surface area contributed by atoms with E-state index in [0.717, 1.165) is 20.9 Å². The highest BCUT2D eigenvalue weighted by Crippen LogP contribution is 2.37. The Kier molecular flexibility index (Phi) is 7.64. The van der Waals surface area contributed by atoms with Gasteiger partial charge in [0, 0.05) is 26.6 Å². The van der Waals surface area contributed by atoms with E-state index < -0.39 is 0 Å². The number of aromatic hydroxyl groups is 1. The fourth-order valence-electron chi connectivity index (χ4n) is 3.76. The summed E-state index contributed by atoms with van der Waals surface area (Å²) in [6, 6.07) is 20.5. The lowest BCUT2D eigenvalue weighted by molar-refractivity contribution is 0.102. The van der Waals surface area contributed by atoms with E-state index in [-0.39, 0.29) is 22.8 Å². The van der Waals surface area contributed by atoms with E-state index in [4.69, 9.17) is 5.41 Å². The summed E-state index contributed by atoms with van der Waals surface area (Å²) < 4.78 is 0. The van der Waals surface area contributed by atoms with Crippen molar-refractivity contribution in [2.24, 2.45) is 5.10 Å². The smallest absolute Gasteiger partial charge is 0.255 e. The summed E-state index contributed by atoms with van der Waals surface area (Å²) in [5.41, 5.74) is 7.17. The monoisotopic (exact) mass is 510 g/mol. The molecule has 0 aromatic heterocycles. The number of nitrogens with one attached hydrogen (secondary N) is 3. The zero-order valence-corrected chi connectivity index (χ0v) is 22.1. The number of hydrazone groups is 1. The van der Waals surface area contributed by atoms with Gasteiger partial charge in [0.25, 0.3) is 5.91 Å². The van der Waals surface area contributed by atoms with E-state index in [9.17, 15) is 9.90 Å². The Hall–Kier alpha value is -4.10. The van der Waals surface area contributed by atoms with Crippen LogP contribution in [0.1, 0.15) is 42.3 Å². The third-order valence-corrected chi connectivity index (χ3v) is 6.71. The minimum absolute atomic E-state index is 0.153. The number of phenolic OH excluding ortho intramolecular Hbond substituents is 1. The third kappa shape index (κ3) is 6.57. The van der Waals surface area contributed by atoms with E-state index in [1.807, 2.05) is 73.7 Å². The topological polar surface area (TPSA) is 97.6 Å². The first-order valence-electron chi connectivity index (χ1n) is 11.9. The lowest BCUT2D eigenvalue weighted by Crippen LogP contribution is -2.14. The number of phenols is 1. The fourth-order valence-corrected chi connectivity index (χ4v) is 4.61. The number of hydrogen-bond donors (Lipinski definition) is 4. The van der Waals surface area contributed by atoms with Crippen LogP contribution in [0, 0.1) is 12.3 Å². The second-order valence-electron chi connectivity index (χ2n) is 9.81. The van der Waals surface area contributed by atoms with E-state index >= 15 is 0 Å². The van der Waals surface area contributed by atoms with Crippen molar-refractivity contribution in [1.29, 1.82) is 5.41 Å². The van der Waals surface area contributed by atoms with Crippen molar-refractivity contribution in [1.82, 2.24) is 0 Å². The Morgan fingerprint density at radius 1 is 1.00 bits per heavy atom. The molecule has 1 amide bonds. The van der Waals surface area contributed by atoms with Gasteiger partial charge in [-0.05, 0) is 78.6 Å². The number of allylic oxidation sites excluding steroid dienone is 3. The van der Waals surface area contributed by atoms with E-state index in [2.05, 4.69) is 36.6 Å². The van der Waals surface area contributed by atoms with Crippen LogP contribution in [0.5, 0.6) is 5.75 Å². The fraction of sp³-hybridized carbons (Fsp3) is 0.167. The molecule has 0 radical (unpaired) electrons. The average Bonchev–Trinajstić information content (AvgIpc) is 2.87. The standard InChI is InChI=1S/C30H30N4O2S/c1-19-16-24(30(2,3)4)28(35)27(17-19)34-33-26-18-23(14-15-25(26)31)37-22-12-10-21(11-13-22)32-29(36)20-8-6-5-7-9-20/h5-18,31,34-35H,1-4H3,(H,32,36)/b31-25?,33-26-. The number of hydrogen-bond acceptors (Lipinski definition) is 6. The number of rotatable bonds is 6. The van der Waals surface area contributed by atoms with Gasteiger partial charge in [-0.25, -0.2) is 0 Å². The Morgan fingerprint density at radius 2 is 1.70 bits per heavy atom. The minimum Gasteiger partial charge on any atom is -0.505 e. The average molecular weight is 511 g/mol. The van der Waals surface area contributed by atoms with Crippen LogP contribution in [0.2, 0.25) is 0 Å². The highest BCUT2D eigenvalue weighted by Gasteiger charge is 2.21. The molecule has 0 aliphatic heterocycles. The van der Waals surface area contributed by atoms with E-state index in [0.29, 0.717) is 22.6 Å². The first kappa shape index (κ1) is 26.0. The molecule has 0 fully saturated rings. The molecule has 37 heavy (non-hydrogen) atoms. The molecule has 1 aliphatic carbocycles. The quantitative estimate of drug-likeness (QED) is 0.159. The maximum Gasteiger partial charge on any atom is 0.255 e. The van der Waals surface area contributed by atoms with Gasteiger partial charge in [-0.1, -0.05) is 56.8 Å². The molecule has 3 aromatic rings. The molecule has 0 saturated heterocycles. The number of aryl methyl sites for hydroxylation is 1. The molecule has 0 bridgehead atoms. The molecule has 4 N–H and O–H groups in total. The van der Waals surface area contributed by atoms with Crippen molar-refractivity contribution in [2.45, 2.75) is 38.0 Å². The highest BCUT2D eigenvalue weighted by molar-refractivity contribution is 8.03. The highest BCUT2D eigenvalue weighted by atomic mass is 32.2. The van der Waals surface area contributed by atoms with Crippen LogP contribution in [0.3, 0.4) is 0 Å². The lowest BCUT2D eigenvalue weighted by atomic mass is 9.85. The summed E-state index contributed by atoms with van der Waals surface area (Å²) in [5.74, 6) is 0.0124. The van der Waals surface area contributed by atoms with Crippen molar-refractivity contribution in [2.75, 3.05) is 10.7 Å². The van der Waals surface area contributed by atoms with Gasteiger partial charge in [0.2, 0.25) is 0 Å². The summed E-state index contributed by atoms with van der Waals surface area (Å²) in [6.45, 7) is 8.13. The molecule has 0 heterocycles. The SMILES string of the molecule is Cc1cc(N/N=C2/C=C(Sc3ccc(NC(=O)c4ccccc4)cc3)C=CC2=N)c(O)c(C(C)(C)C)c1. The van der Waals surface area contributed by atoms with Gasteiger partial charge in [0.05, 0.1) is 11.4 Å². The number of thioether (sulfide) groups is 1. The molecule has 0 saturated carbocycles. The molecule has 0 atom stereocenters. The van der Waals surface area contributed by atoms with E-state index in [1.165, 1.54) is 11.8 Å². The van der Waals surface area contributed by atoms with Crippen molar-refractivity contribution < 1.29 is 9.90 Å². The third-order valence-electron chi connectivity index (χ3n) is 5.71. The van der Waals surface area contributed by atoms with Crippen molar-refractivity contribution in [3.8, 4) is 5.75 Å². The molecule has 1 aliphatic rings. The summed E-state index contributed by atoms with van der Waals surface area (Å²) in [4.78, 5) is 14.3. The van der Waals surface area contributed by atoms with Crippen molar-refractivity contribution >= 4 is 40.5 Å². The van der Waals surface area contributed by atoms with Crippen LogP contribution in [0.15, 0.2) is 99.9 Å². The molecule has 7 heteroatoms. The van der Waals surface area contributed by atoms with E-state index in [1.54, 1.807) is 18.2 Å². The van der Waals surface area contributed by atoms with Crippen LogP contribution in [0.4, 0.5) is 11.4 Å². The zero-order valence-electron chi connectivity index (χ0n) is 21.3. The lowest BCUT2D eigenvalue weighted by Gasteiger charge is -2.22. The molecular formula is C30H30N4O2S. The number of anilines is 2. The van der Waals surface area contributed by atoms with Gasteiger partial charge < -0.3 is 10.4 Å². The Labute approximate surface area is 221 Å². The summed E-state index contributed by atoms with van der Waals surface area (Å²) in [5, 5.41) is 26.4. The number of carbonyl (C=O) groups is 1. The maximum absolute atomic E-state index is 12.4. The summed E-state index contributed by atoms with van der Waals surface area (Å²) >= 11 is 1.53. The van der Waals surface area contributed by atoms with Crippen LogP contribution < -0.4 is 10.7 Å². The predicted molar refractivity (Wildman–Crippen MR) is 154 cm³/mol. The molecule has 188 valence electrons. The Balaban J connectivity index is 1.46. The van der Waals surface area contributed by atoms with Gasteiger partial charge in [0.15, 0.2) is 0 Å². The molecular weight excluding hydrogens is 480 g/mol.